The van der Waals surface area contributed by atoms with E-state index in [0.717, 1.165) is 35.0 Å². The smallest absolute Gasteiger partial charge is 0.362 e. The van der Waals surface area contributed by atoms with E-state index in [-0.39, 0.29) is 12.3 Å². The number of nitrogens with zero attached hydrogens (tertiary/aromatic N) is 3. The van der Waals surface area contributed by atoms with Crippen molar-refractivity contribution < 1.29 is 27.1 Å². The van der Waals surface area contributed by atoms with E-state index in [1.807, 2.05) is 0 Å². The Morgan fingerprint density at radius 1 is 1.16 bits per heavy atom. The molecule has 0 spiro atoms. The van der Waals surface area contributed by atoms with Gasteiger partial charge in [-0.1, -0.05) is 18.2 Å². The van der Waals surface area contributed by atoms with Crippen molar-refractivity contribution in [3.8, 4) is 11.4 Å². The summed E-state index contributed by atoms with van der Waals surface area (Å²) >= 11 is 0. The van der Waals surface area contributed by atoms with Crippen LogP contribution in [-0.2, 0) is 14.9 Å². The molecule has 0 saturated carbocycles. The Morgan fingerprint density at radius 3 is 2.41 bits per heavy atom. The van der Waals surface area contributed by atoms with Gasteiger partial charge in [-0.2, -0.15) is 18.2 Å². The topological polar surface area (TPSA) is 148 Å². The fourth-order valence-electron chi connectivity index (χ4n) is 2.72. The first-order chi connectivity index (χ1) is 15.1. The van der Waals surface area contributed by atoms with Gasteiger partial charge in [0.25, 0.3) is 11.2 Å². The SMILES string of the molecule is CCOC(=O)c1nn(-c2ccccc2C)c(=O)cc1OS(=O)(=O)c1ccc([N+](=O)[O-])cc1. The predicted octanol–water partition coefficient (Wildman–Crippen LogP) is 2.39. The highest BCUT2D eigenvalue weighted by molar-refractivity contribution is 7.87. The molecule has 2 aromatic carbocycles. The zero-order valence-electron chi connectivity index (χ0n) is 16.9. The van der Waals surface area contributed by atoms with Crippen molar-refractivity contribution in [3.05, 3.63) is 86.3 Å². The summed E-state index contributed by atoms with van der Waals surface area (Å²) in [5.74, 6) is -1.62. The van der Waals surface area contributed by atoms with Crippen LogP contribution in [-0.4, -0.2) is 35.7 Å². The minimum atomic E-state index is -4.55. The number of aryl methyl sites for hydroxylation is 1. The molecule has 1 heterocycles. The third-order valence-electron chi connectivity index (χ3n) is 4.24. The van der Waals surface area contributed by atoms with Gasteiger partial charge >= 0.3 is 16.1 Å². The molecule has 0 bridgehead atoms. The minimum Gasteiger partial charge on any atom is -0.461 e. The lowest BCUT2D eigenvalue weighted by molar-refractivity contribution is -0.384. The number of carbonyl (C=O) groups is 1. The number of rotatable bonds is 7. The summed E-state index contributed by atoms with van der Waals surface area (Å²) in [4.78, 5) is 34.8. The van der Waals surface area contributed by atoms with Gasteiger partial charge in [0.15, 0.2) is 5.75 Å². The molecule has 0 aliphatic carbocycles. The van der Waals surface area contributed by atoms with Crippen molar-refractivity contribution in [1.82, 2.24) is 9.78 Å². The monoisotopic (exact) mass is 459 g/mol. The average Bonchev–Trinajstić information content (AvgIpc) is 2.74. The van der Waals surface area contributed by atoms with Crippen LogP contribution in [0.15, 0.2) is 64.3 Å². The maximum absolute atomic E-state index is 12.7. The third-order valence-corrected chi connectivity index (χ3v) is 5.49. The Kier molecular flexibility index (Phi) is 6.35. The van der Waals surface area contributed by atoms with E-state index in [0.29, 0.717) is 11.3 Å². The summed E-state index contributed by atoms with van der Waals surface area (Å²) in [6, 6.07) is 11.5. The first-order valence-electron chi connectivity index (χ1n) is 9.20. The number of carbonyl (C=O) groups excluding carboxylic acids is 1. The average molecular weight is 459 g/mol. The van der Waals surface area contributed by atoms with Crippen molar-refractivity contribution in [2.24, 2.45) is 0 Å². The van der Waals surface area contributed by atoms with Crippen molar-refractivity contribution in [2.75, 3.05) is 6.61 Å². The van der Waals surface area contributed by atoms with E-state index in [1.165, 1.54) is 0 Å². The summed E-state index contributed by atoms with van der Waals surface area (Å²) in [5.41, 5.74) is -0.531. The van der Waals surface area contributed by atoms with Gasteiger partial charge in [-0.05, 0) is 37.6 Å². The number of para-hydroxylation sites is 1. The number of nitro benzene ring substituents is 1. The second kappa shape index (κ2) is 8.98. The Labute approximate surface area is 182 Å². The first kappa shape index (κ1) is 22.6. The van der Waals surface area contributed by atoms with Crippen LogP contribution in [0.25, 0.3) is 5.69 Å². The van der Waals surface area contributed by atoms with Gasteiger partial charge in [-0.25, -0.2) is 4.79 Å². The lowest BCUT2D eigenvalue weighted by Crippen LogP contribution is -2.26. The molecule has 0 aliphatic rings. The zero-order valence-corrected chi connectivity index (χ0v) is 17.7. The van der Waals surface area contributed by atoms with Crippen LogP contribution in [0.3, 0.4) is 0 Å². The molecule has 0 unspecified atom stereocenters. The zero-order chi connectivity index (χ0) is 23.5. The standard InChI is InChI=1S/C20H17N3O8S/c1-3-30-20(25)19-17(12-18(24)22(21-19)16-7-5-4-6-13(16)2)31-32(28,29)15-10-8-14(9-11-15)23(26)27/h4-12H,3H2,1-2H3. The van der Waals surface area contributed by atoms with Crippen LogP contribution in [0.1, 0.15) is 23.0 Å². The number of aromatic nitrogens is 2. The van der Waals surface area contributed by atoms with Crippen molar-refractivity contribution >= 4 is 21.8 Å². The summed E-state index contributed by atoms with van der Waals surface area (Å²) in [5, 5.41) is 14.8. The van der Waals surface area contributed by atoms with Gasteiger partial charge in [0.05, 0.1) is 23.3 Å². The molecule has 0 N–H and O–H groups in total. The second-order valence-corrected chi connectivity index (χ2v) is 7.95. The predicted molar refractivity (Wildman–Crippen MR) is 111 cm³/mol. The second-order valence-electron chi connectivity index (χ2n) is 6.40. The van der Waals surface area contributed by atoms with E-state index in [9.17, 15) is 28.1 Å². The molecule has 11 nitrogen and oxygen atoms in total. The molecular formula is C20H17N3O8S. The highest BCUT2D eigenvalue weighted by Crippen LogP contribution is 2.23. The number of non-ortho nitro benzene ring substituents is 1. The Balaban J connectivity index is 2.10. The van der Waals surface area contributed by atoms with Crippen molar-refractivity contribution in [3.63, 3.8) is 0 Å². The molecule has 3 rings (SSSR count). The summed E-state index contributed by atoms with van der Waals surface area (Å²) in [7, 11) is -4.55. The molecule has 0 fully saturated rings. The first-order valence-corrected chi connectivity index (χ1v) is 10.6. The molecular weight excluding hydrogens is 442 g/mol. The summed E-state index contributed by atoms with van der Waals surface area (Å²) in [6.07, 6.45) is 0. The number of hydrogen-bond donors (Lipinski definition) is 0. The highest BCUT2D eigenvalue weighted by atomic mass is 32.2. The number of nitro groups is 1. The number of hydrogen-bond acceptors (Lipinski definition) is 9. The van der Waals surface area contributed by atoms with Crippen LogP contribution in [0.2, 0.25) is 0 Å². The minimum absolute atomic E-state index is 0.0292. The van der Waals surface area contributed by atoms with E-state index >= 15 is 0 Å². The third kappa shape index (κ3) is 4.64. The Bertz CT molecular complexity index is 1350. The van der Waals surface area contributed by atoms with Gasteiger partial charge in [0.2, 0.25) is 5.69 Å². The molecule has 0 aliphatic heterocycles. The summed E-state index contributed by atoms with van der Waals surface area (Å²) < 4.78 is 36.2. The lowest BCUT2D eigenvalue weighted by atomic mass is 10.2. The molecule has 0 amide bonds. The van der Waals surface area contributed by atoms with E-state index in [2.05, 4.69) is 5.10 Å². The molecule has 3 aromatic rings. The Morgan fingerprint density at radius 2 is 1.81 bits per heavy atom. The maximum atomic E-state index is 12.7. The van der Waals surface area contributed by atoms with E-state index in [1.54, 1.807) is 38.1 Å². The summed E-state index contributed by atoms with van der Waals surface area (Å²) in [6.45, 7) is 3.25. The molecule has 32 heavy (non-hydrogen) atoms. The van der Waals surface area contributed by atoms with Gasteiger partial charge in [-0.3, -0.25) is 14.9 Å². The van der Waals surface area contributed by atoms with Crippen LogP contribution >= 0.6 is 0 Å². The van der Waals surface area contributed by atoms with Crippen molar-refractivity contribution in [2.45, 2.75) is 18.7 Å². The lowest BCUT2D eigenvalue weighted by Gasteiger charge is -2.13. The highest BCUT2D eigenvalue weighted by Gasteiger charge is 2.26. The fraction of sp³-hybridized carbons (Fsp3) is 0.150. The number of ether oxygens (including phenoxy) is 1. The molecule has 12 heteroatoms. The van der Waals surface area contributed by atoms with Gasteiger partial charge < -0.3 is 8.92 Å². The van der Waals surface area contributed by atoms with Gasteiger partial charge in [0.1, 0.15) is 4.90 Å². The van der Waals surface area contributed by atoms with Crippen LogP contribution in [0.5, 0.6) is 5.75 Å². The normalized spacial score (nSPS) is 11.1. The molecule has 166 valence electrons. The number of benzene rings is 2. The largest absolute Gasteiger partial charge is 0.461 e. The van der Waals surface area contributed by atoms with Gasteiger partial charge in [0, 0.05) is 12.1 Å². The molecule has 0 atom stereocenters. The van der Waals surface area contributed by atoms with E-state index in [4.69, 9.17) is 8.92 Å². The Hall–Kier alpha value is -4.06. The molecule has 1 aromatic heterocycles. The molecule has 0 saturated heterocycles. The van der Waals surface area contributed by atoms with Crippen molar-refractivity contribution in [1.29, 1.82) is 0 Å². The van der Waals surface area contributed by atoms with Crippen LogP contribution in [0.4, 0.5) is 5.69 Å². The van der Waals surface area contributed by atoms with Gasteiger partial charge in [-0.15, -0.1) is 0 Å². The molecule has 0 radical (unpaired) electrons. The van der Waals surface area contributed by atoms with E-state index < -0.39 is 42.9 Å². The van der Waals surface area contributed by atoms with Crippen LogP contribution in [0, 0.1) is 17.0 Å². The fourth-order valence-corrected chi connectivity index (χ4v) is 3.65. The van der Waals surface area contributed by atoms with Crippen LogP contribution < -0.4 is 9.74 Å². The quantitative estimate of drug-likeness (QED) is 0.225. The number of esters is 1. The maximum Gasteiger partial charge on any atom is 0.362 e.